The number of carbonyl (C=O) groups is 1. The molecule has 0 aliphatic heterocycles. The Labute approximate surface area is 125 Å². The van der Waals surface area contributed by atoms with Crippen molar-refractivity contribution in [3.8, 4) is 0 Å². The van der Waals surface area contributed by atoms with Crippen LogP contribution in [-0.2, 0) is 10.0 Å². The zero-order valence-electron chi connectivity index (χ0n) is 12.7. The number of aromatic carboxylic acids is 1. The van der Waals surface area contributed by atoms with Crippen LogP contribution in [0.25, 0.3) is 0 Å². The highest BCUT2D eigenvalue weighted by molar-refractivity contribution is 7.89. The largest absolute Gasteiger partial charge is 0.478 e. The molecule has 1 saturated carbocycles. The minimum absolute atomic E-state index is 0.0680. The van der Waals surface area contributed by atoms with Crippen molar-refractivity contribution in [2.45, 2.75) is 32.6 Å². The molecule has 2 rings (SSSR count). The molecule has 6 heteroatoms. The molecule has 2 N–H and O–H groups in total. The number of sulfonamides is 1. The van der Waals surface area contributed by atoms with E-state index >= 15 is 0 Å². The van der Waals surface area contributed by atoms with E-state index in [1.165, 1.54) is 24.3 Å². The molecule has 0 bridgehead atoms. The van der Waals surface area contributed by atoms with Gasteiger partial charge in [0.1, 0.15) is 0 Å². The van der Waals surface area contributed by atoms with Crippen LogP contribution in [0.2, 0.25) is 0 Å². The maximum atomic E-state index is 12.2. The van der Waals surface area contributed by atoms with E-state index < -0.39 is 16.0 Å². The Hall–Kier alpha value is -1.40. The van der Waals surface area contributed by atoms with Crippen LogP contribution >= 0.6 is 0 Å². The average molecular weight is 311 g/mol. The van der Waals surface area contributed by atoms with E-state index in [-0.39, 0.29) is 27.2 Å². The minimum atomic E-state index is -3.60. The Morgan fingerprint density at radius 2 is 1.62 bits per heavy atom. The van der Waals surface area contributed by atoms with E-state index in [1.54, 1.807) is 0 Å². The van der Waals surface area contributed by atoms with Gasteiger partial charge in [0.15, 0.2) is 0 Å². The number of nitrogens with one attached hydrogen (secondary N) is 1. The van der Waals surface area contributed by atoms with Crippen molar-refractivity contribution in [2.24, 2.45) is 16.7 Å². The second-order valence-electron chi connectivity index (χ2n) is 6.68. The zero-order valence-corrected chi connectivity index (χ0v) is 13.5. The van der Waals surface area contributed by atoms with E-state index in [2.05, 4.69) is 32.4 Å². The Kier molecular flexibility index (Phi) is 3.66. The summed E-state index contributed by atoms with van der Waals surface area (Å²) < 4.78 is 27.0. The second kappa shape index (κ2) is 4.81. The molecule has 1 fully saturated rings. The summed E-state index contributed by atoms with van der Waals surface area (Å²) in [4.78, 5) is 10.8. The smallest absolute Gasteiger partial charge is 0.335 e. The first-order valence-corrected chi connectivity index (χ1v) is 8.31. The van der Waals surface area contributed by atoms with Crippen molar-refractivity contribution in [2.75, 3.05) is 6.54 Å². The van der Waals surface area contributed by atoms with Crippen molar-refractivity contribution >= 4 is 16.0 Å². The molecule has 0 heterocycles. The van der Waals surface area contributed by atoms with Crippen LogP contribution < -0.4 is 4.72 Å². The van der Waals surface area contributed by atoms with Crippen molar-refractivity contribution in [1.29, 1.82) is 0 Å². The maximum Gasteiger partial charge on any atom is 0.335 e. The molecule has 116 valence electrons. The van der Waals surface area contributed by atoms with E-state index in [0.29, 0.717) is 6.54 Å². The molecule has 1 aliphatic rings. The van der Waals surface area contributed by atoms with Crippen molar-refractivity contribution in [3.63, 3.8) is 0 Å². The van der Waals surface area contributed by atoms with Gasteiger partial charge in [0.25, 0.3) is 0 Å². The Bertz CT molecular complexity index is 645. The summed E-state index contributed by atoms with van der Waals surface area (Å²) in [6.45, 7) is 8.92. The first kappa shape index (κ1) is 16.0. The molecule has 0 amide bonds. The fourth-order valence-corrected chi connectivity index (χ4v) is 3.94. The molecular formula is C15H21NO4S. The highest BCUT2D eigenvalue weighted by Crippen LogP contribution is 2.67. The van der Waals surface area contributed by atoms with E-state index in [1.807, 2.05) is 0 Å². The Morgan fingerprint density at radius 1 is 1.14 bits per heavy atom. The van der Waals surface area contributed by atoms with Gasteiger partial charge in [-0.1, -0.05) is 27.7 Å². The van der Waals surface area contributed by atoms with Crippen LogP contribution in [0.5, 0.6) is 0 Å². The summed E-state index contributed by atoms with van der Waals surface area (Å²) in [6, 6.07) is 5.22. The molecule has 0 radical (unpaired) electrons. The fraction of sp³-hybridized carbons (Fsp3) is 0.533. The lowest BCUT2D eigenvalue weighted by molar-refractivity contribution is 0.0696. The third kappa shape index (κ3) is 2.70. The number of hydrogen-bond donors (Lipinski definition) is 2. The lowest BCUT2D eigenvalue weighted by Crippen LogP contribution is -2.27. The van der Waals surface area contributed by atoms with Gasteiger partial charge in [-0.2, -0.15) is 0 Å². The summed E-state index contributed by atoms with van der Waals surface area (Å²) in [5, 5.41) is 8.81. The van der Waals surface area contributed by atoms with Crippen molar-refractivity contribution in [1.82, 2.24) is 4.72 Å². The fourth-order valence-electron chi connectivity index (χ4n) is 2.90. The normalized spacial score (nSPS) is 20.2. The molecule has 0 saturated heterocycles. The summed E-state index contributed by atoms with van der Waals surface area (Å²) in [5.41, 5.74) is 0.296. The first-order chi connectivity index (χ1) is 9.50. The van der Waals surface area contributed by atoms with Crippen LogP contribution in [-0.4, -0.2) is 26.0 Å². The van der Waals surface area contributed by atoms with Gasteiger partial charge in [0.2, 0.25) is 10.0 Å². The van der Waals surface area contributed by atoms with Crippen molar-refractivity contribution < 1.29 is 18.3 Å². The SMILES string of the molecule is CC1(C)C(CNS(=O)(=O)c2ccc(C(=O)O)cc2)C1(C)C. The van der Waals surface area contributed by atoms with E-state index in [0.717, 1.165) is 0 Å². The van der Waals surface area contributed by atoms with Gasteiger partial charge >= 0.3 is 5.97 Å². The van der Waals surface area contributed by atoms with Gasteiger partial charge in [-0.25, -0.2) is 17.9 Å². The second-order valence-corrected chi connectivity index (χ2v) is 8.44. The number of hydrogen-bond acceptors (Lipinski definition) is 3. The molecule has 0 aromatic heterocycles. The highest BCUT2D eigenvalue weighted by atomic mass is 32.2. The van der Waals surface area contributed by atoms with Crippen LogP contribution in [0, 0.1) is 16.7 Å². The first-order valence-electron chi connectivity index (χ1n) is 6.83. The van der Waals surface area contributed by atoms with Crippen LogP contribution in [0.4, 0.5) is 0 Å². The predicted octanol–water partition coefficient (Wildman–Crippen LogP) is 2.35. The molecule has 0 unspecified atom stereocenters. The zero-order chi connectivity index (χ0) is 16.1. The van der Waals surface area contributed by atoms with Crippen molar-refractivity contribution in [3.05, 3.63) is 29.8 Å². The molecule has 5 nitrogen and oxygen atoms in total. The number of rotatable bonds is 5. The predicted molar refractivity (Wildman–Crippen MR) is 79.6 cm³/mol. The quantitative estimate of drug-likeness (QED) is 0.874. The number of benzene rings is 1. The van der Waals surface area contributed by atoms with Crippen LogP contribution in [0.15, 0.2) is 29.2 Å². The minimum Gasteiger partial charge on any atom is -0.478 e. The van der Waals surface area contributed by atoms with Gasteiger partial charge in [-0.15, -0.1) is 0 Å². The molecule has 1 aromatic carbocycles. The topological polar surface area (TPSA) is 83.5 Å². The van der Waals surface area contributed by atoms with Crippen LogP contribution in [0.3, 0.4) is 0 Å². The Balaban J connectivity index is 2.08. The summed E-state index contributed by atoms with van der Waals surface area (Å²) >= 11 is 0. The number of carboxylic acids is 1. The maximum absolute atomic E-state index is 12.2. The van der Waals surface area contributed by atoms with E-state index in [4.69, 9.17) is 5.11 Å². The molecule has 1 aromatic rings. The Morgan fingerprint density at radius 3 is 2.00 bits per heavy atom. The lowest BCUT2D eigenvalue weighted by Gasteiger charge is -2.08. The molecule has 21 heavy (non-hydrogen) atoms. The summed E-state index contributed by atoms with van der Waals surface area (Å²) in [5.74, 6) is -0.786. The standard InChI is InChI=1S/C15H21NO4S/c1-14(2)12(15(14,3)4)9-16-21(19,20)11-7-5-10(6-8-11)13(17)18/h5-8,12,16H,9H2,1-4H3,(H,17,18). The van der Waals surface area contributed by atoms with Gasteiger partial charge in [0, 0.05) is 6.54 Å². The van der Waals surface area contributed by atoms with Gasteiger partial charge in [0.05, 0.1) is 10.5 Å². The van der Waals surface area contributed by atoms with Gasteiger partial charge in [-0.05, 0) is 41.0 Å². The average Bonchev–Trinajstić information content (AvgIpc) is 2.77. The molecule has 0 spiro atoms. The van der Waals surface area contributed by atoms with E-state index in [9.17, 15) is 13.2 Å². The summed E-state index contributed by atoms with van der Waals surface area (Å²) in [7, 11) is -3.60. The molecule has 1 aliphatic carbocycles. The highest BCUT2D eigenvalue weighted by Gasteiger charge is 2.64. The van der Waals surface area contributed by atoms with Gasteiger partial charge < -0.3 is 5.11 Å². The summed E-state index contributed by atoms with van der Waals surface area (Å²) in [6.07, 6.45) is 0. The van der Waals surface area contributed by atoms with Crippen LogP contribution in [0.1, 0.15) is 38.1 Å². The molecule has 0 atom stereocenters. The third-order valence-electron chi connectivity index (χ3n) is 5.21. The van der Waals surface area contributed by atoms with Gasteiger partial charge in [-0.3, -0.25) is 0 Å². The monoisotopic (exact) mass is 311 g/mol. The lowest BCUT2D eigenvalue weighted by atomic mass is 10.0. The molecular weight excluding hydrogens is 290 g/mol. The number of carboxylic acid groups (broad SMARTS) is 1. The third-order valence-corrected chi connectivity index (χ3v) is 6.65.